The Morgan fingerprint density at radius 2 is 2.00 bits per heavy atom. The average molecular weight is 290 g/mol. The number of rotatable bonds is 4. The van der Waals surface area contributed by atoms with Gasteiger partial charge in [-0.05, 0) is 39.3 Å². The van der Waals surface area contributed by atoms with Gasteiger partial charge in [0.05, 0.1) is 12.1 Å². The summed E-state index contributed by atoms with van der Waals surface area (Å²) in [5.41, 5.74) is 1.02. The van der Waals surface area contributed by atoms with Gasteiger partial charge in [-0.1, -0.05) is 6.92 Å². The van der Waals surface area contributed by atoms with Gasteiger partial charge in [0.2, 0.25) is 0 Å². The van der Waals surface area contributed by atoms with Gasteiger partial charge in [0, 0.05) is 31.3 Å². The molecular weight excluding hydrogens is 264 g/mol. The summed E-state index contributed by atoms with van der Waals surface area (Å²) in [6, 6.07) is 2.30. The van der Waals surface area contributed by atoms with Crippen molar-refractivity contribution in [2.75, 3.05) is 31.1 Å². The van der Waals surface area contributed by atoms with Crippen LogP contribution in [0.2, 0.25) is 0 Å². The van der Waals surface area contributed by atoms with E-state index in [9.17, 15) is 5.11 Å². The van der Waals surface area contributed by atoms with E-state index in [-0.39, 0.29) is 12.1 Å². The smallest absolute Gasteiger partial charge is 0.132 e. The molecule has 1 N–H and O–H groups in total. The minimum Gasteiger partial charge on any atom is -0.390 e. The lowest BCUT2D eigenvalue weighted by Gasteiger charge is -2.25. The predicted octanol–water partition coefficient (Wildman–Crippen LogP) is 1.38. The quantitative estimate of drug-likeness (QED) is 0.908. The van der Waals surface area contributed by atoms with Crippen LogP contribution < -0.4 is 4.90 Å². The molecule has 3 rings (SSSR count). The number of aromatic nitrogens is 2. The zero-order valence-corrected chi connectivity index (χ0v) is 13.1. The largest absolute Gasteiger partial charge is 0.390 e. The second kappa shape index (κ2) is 6.28. The summed E-state index contributed by atoms with van der Waals surface area (Å²) in [6.07, 6.45) is 4.23. The standard InChI is InChI=1S/C16H26N4O/c1-3-6-15-17-12(2)9-16(18-15)20-10-13(14(21)11-20)19-7-4-5-8-19/h9,13-14,21H,3-8,10-11H2,1-2H3/t13-,14-/m1/s1. The molecule has 5 heteroatoms. The maximum atomic E-state index is 10.4. The van der Waals surface area contributed by atoms with Gasteiger partial charge in [-0.3, -0.25) is 4.90 Å². The van der Waals surface area contributed by atoms with Crippen molar-refractivity contribution < 1.29 is 5.11 Å². The van der Waals surface area contributed by atoms with Gasteiger partial charge in [-0.2, -0.15) is 0 Å². The number of aliphatic hydroxyl groups is 1. The molecule has 0 spiro atoms. The molecule has 2 fully saturated rings. The van der Waals surface area contributed by atoms with Crippen LogP contribution >= 0.6 is 0 Å². The van der Waals surface area contributed by atoms with Crippen LogP contribution in [0.1, 0.15) is 37.7 Å². The maximum absolute atomic E-state index is 10.4. The molecule has 0 saturated carbocycles. The zero-order chi connectivity index (χ0) is 14.8. The highest BCUT2D eigenvalue weighted by atomic mass is 16.3. The third-order valence-corrected chi connectivity index (χ3v) is 4.55. The van der Waals surface area contributed by atoms with Crippen molar-refractivity contribution in [3.8, 4) is 0 Å². The number of anilines is 1. The molecule has 1 aromatic heterocycles. The lowest BCUT2D eigenvalue weighted by Crippen LogP contribution is -2.41. The van der Waals surface area contributed by atoms with Gasteiger partial charge < -0.3 is 10.0 Å². The van der Waals surface area contributed by atoms with Crippen LogP contribution in [0, 0.1) is 6.92 Å². The lowest BCUT2D eigenvalue weighted by molar-refractivity contribution is 0.0986. The van der Waals surface area contributed by atoms with Crippen LogP contribution in [0.4, 0.5) is 5.82 Å². The first-order valence-electron chi connectivity index (χ1n) is 8.19. The number of hydrogen-bond donors (Lipinski definition) is 1. The number of aliphatic hydroxyl groups excluding tert-OH is 1. The number of β-amino-alcohol motifs (C(OH)–C–C–N with tert-alkyl or cyclic N) is 1. The van der Waals surface area contributed by atoms with Crippen molar-refractivity contribution in [2.45, 2.75) is 51.7 Å². The van der Waals surface area contributed by atoms with E-state index in [4.69, 9.17) is 0 Å². The molecule has 21 heavy (non-hydrogen) atoms. The van der Waals surface area contributed by atoms with Crippen LogP contribution in [0.5, 0.6) is 0 Å². The molecular formula is C16H26N4O. The van der Waals surface area contributed by atoms with E-state index in [1.165, 1.54) is 12.8 Å². The topological polar surface area (TPSA) is 52.5 Å². The minimum absolute atomic E-state index is 0.261. The molecule has 2 aliphatic heterocycles. The molecule has 116 valence electrons. The van der Waals surface area contributed by atoms with Crippen LogP contribution in [0.25, 0.3) is 0 Å². The monoisotopic (exact) mass is 290 g/mol. The molecule has 0 bridgehead atoms. The second-order valence-corrected chi connectivity index (χ2v) is 6.32. The molecule has 2 saturated heterocycles. The summed E-state index contributed by atoms with van der Waals surface area (Å²) in [5.74, 6) is 1.90. The first-order valence-corrected chi connectivity index (χ1v) is 8.19. The van der Waals surface area contributed by atoms with E-state index in [1.807, 2.05) is 13.0 Å². The van der Waals surface area contributed by atoms with E-state index in [2.05, 4.69) is 26.7 Å². The van der Waals surface area contributed by atoms with Gasteiger partial charge in [0.1, 0.15) is 11.6 Å². The van der Waals surface area contributed by atoms with Crippen molar-refractivity contribution in [1.29, 1.82) is 0 Å². The van der Waals surface area contributed by atoms with Crippen molar-refractivity contribution >= 4 is 5.82 Å². The third-order valence-electron chi connectivity index (χ3n) is 4.55. The Labute approximate surface area is 127 Å². The van der Waals surface area contributed by atoms with E-state index in [0.717, 1.165) is 49.8 Å². The van der Waals surface area contributed by atoms with Crippen molar-refractivity contribution in [3.05, 3.63) is 17.6 Å². The fourth-order valence-electron chi connectivity index (χ4n) is 3.50. The highest BCUT2D eigenvalue weighted by Crippen LogP contribution is 2.25. The van der Waals surface area contributed by atoms with Gasteiger partial charge in [-0.15, -0.1) is 0 Å². The van der Waals surface area contributed by atoms with E-state index in [1.54, 1.807) is 0 Å². The van der Waals surface area contributed by atoms with Crippen LogP contribution in [-0.2, 0) is 6.42 Å². The van der Waals surface area contributed by atoms with Crippen LogP contribution in [0.3, 0.4) is 0 Å². The van der Waals surface area contributed by atoms with Gasteiger partial charge in [0.15, 0.2) is 0 Å². The molecule has 2 atom stereocenters. The molecule has 1 aromatic rings. The Morgan fingerprint density at radius 3 is 2.71 bits per heavy atom. The molecule has 3 heterocycles. The molecule has 5 nitrogen and oxygen atoms in total. The Kier molecular flexibility index (Phi) is 4.40. The van der Waals surface area contributed by atoms with Crippen molar-refractivity contribution in [1.82, 2.24) is 14.9 Å². The van der Waals surface area contributed by atoms with Gasteiger partial charge in [-0.25, -0.2) is 9.97 Å². The molecule has 2 aliphatic rings. The Hall–Kier alpha value is -1.20. The van der Waals surface area contributed by atoms with Crippen molar-refractivity contribution in [3.63, 3.8) is 0 Å². The second-order valence-electron chi connectivity index (χ2n) is 6.32. The van der Waals surface area contributed by atoms with Crippen LogP contribution in [-0.4, -0.2) is 58.3 Å². The summed E-state index contributed by atoms with van der Waals surface area (Å²) in [5, 5.41) is 10.4. The normalized spacial score (nSPS) is 26.7. The molecule has 0 aromatic carbocycles. The fraction of sp³-hybridized carbons (Fsp3) is 0.750. The number of nitrogens with zero attached hydrogens (tertiary/aromatic N) is 4. The maximum Gasteiger partial charge on any atom is 0.132 e. The first-order chi connectivity index (χ1) is 10.2. The minimum atomic E-state index is -0.270. The first kappa shape index (κ1) is 14.7. The van der Waals surface area contributed by atoms with Crippen molar-refractivity contribution in [2.24, 2.45) is 0 Å². The molecule has 0 radical (unpaired) electrons. The Morgan fingerprint density at radius 1 is 1.24 bits per heavy atom. The molecule has 0 unspecified atom stereocenters. The highest BCUT2D eigenvalue weighted by molar-refractivity contribution is 5.42. The average Bonchev–Trinajstić information content (AvgIpc) is 3.07. The molecule has 0 amide bonds. The highest BCUT2D eigenvalue weighted by Gasteiger charge is 2.37. The Bertz CT molecular complexity index is 487. The van der Waals surface area contributed by atoms with Gasteiger partial charge in [0.25, 0.3) is 0 Å². The summed E-state index contributed by atoms with van der Waals surface area (Å²) in [7, 11) is 0. The summed E-state index contributed by atoms with van der Waals surface area (Å²) in [6.45, 7) is 7.98. The van der Waals surface area contributed by atoms with E-state index >= 15 is 0 Å². The van der Waals surface area contributed by atoms with Gasteiger partial charge >= 0.3 is 0 Å². The number of aryl methyl sites for hydroxylation is 2. The molecule has 0 aliphatic carbocycles. The number of hydrogen-bond acceptors (Lipinski definition) is 5. The zero-order valence-electron chi connectivity index (χ0n) is 13.1. The lowest BCUT2D eigenvalue weighted by atomic mass is 10.2. The summed E-state index contributed by atoms with van der Waals surface area (Å²) in [4.78, 5) is 13.8. The van der Waals surface area contributed by atoms with Crippen LogP contribution in [0.15, 0.2) is 6.07 Å². The summed E-state index contributed by atoms with van der Waals surface area (Å²) >= 11 is 0. The SMILES string of the molecule is CCCc1nc(C)cc(N2C[C@@H](O)[C@H](N3CCCC3)C2)n1. The van der Waals surface area contributed by atoms with E-state index < -0.39 is 0 Å². The van der Waals surface area contributed by atoms with E-state index in [0.29, 0.717) is 6.54 Å². The number of likely N-dealkylation sites (tertiary alicyclic amines) is 1. The fourth-order valence-corrected chi connectivity index (χ4v) is 3.50. The predicted molar refractivity (Wildman–Crippen MR) is 83.6 cm³/mol. The summed E-state index contributed by atoms with van der Waals surface area (Å²) < 4.78 is 0. The Balaban J connectivity index is 1.75. The third kappa shape index (κ3) is 3.19.